The molecule has 6 nitrogen and oxygen atoms in total. The van der Waals surface area contributed by atoms with Crippen molar-refractivity contribution in [3.63, 3.8) is 0 Å². The molecule has 30 heavy (non-hydrogen) atoms. The van der Waals surface area contributed by atoms with Crippen molar-refractivity contribution in [2.24, 2.45) is 0 Å². The number of aryl methyl sites for hydroxylation is 1. The molecule has 0 bridgehead atoms. The van der Waals surface area contributed by atoms with E-state index in [1.165, 1.54) is 11.1 Å². The lowest BCUT2D eigenvalue weighted by Gasteiger charge is -2.35. The fourth-order valence-corrected chi connectivity index (χ4v) is 3.51. The Bertz CT molecular complexity index is 897. The second-order valence-corrected chi connectivity index (χ2v) is 8.77. The summed E-state index contributed by atoms with van der Waals surface area (Å²) in [6, 6.07) is 15.5. The lowest BCUT2D eigenvalue weighted by atomic mass is 10.1. The van der Waals surface area contributed by atoms with E-state index in [4.69, 9.17) is 4.74 Å². The standard InChI is InChI=1S/C24H31N3O3/c1-18-7-5-8-19(15-18)17-26-11-13-27(14-12-26)22(28)20-9-6-10-21(16-20)25-23(29)30-24(2,3)4/h5-10,15-16H,11-14,17H2,1-4H3,(H,25,29). The van der Waals surface area contributed by atoms with Crippen LogP contribution in [0.5, 0.6) is 0 Å². The summed E-state index contributed by atoms with van der Waals surface area (Å²) in [7, 11) is 0. The zero-order valence-corrected chi connectivity index (χ0v) is 18.3. The third-order valence-electron chi connectivity index (χ3n) is 4.90. The van der Waals surface area contributed by atoms with Gasteiger partial charge in [0.25, 0.3) is 5.91 Å². The lowest BCUT2D eigenvalue weighted by molar-refractivity contribution is 0.0620. The normalized spacial score (nSPS) is 15.0. The Hall–Kier alpha value is -2.86. The number of ether oxygens (including phenoxy) is 1. The van der Waals surface area contributed by atoms with E-state index in [1.807, 2.05) is 25.7 Å². The summed E-state index contributed by atoms with van der Waals surface area (Å²) in [5.41, 5.74) is 3.11. The second kappa shape index (κ2) is 9.30. The number of piperazine rings is 1. The molecule has 2 amide bonds. The van der Waals surface area contributed by atoms with Crippen molar-refractivity contribution in [1.29, 1.82) is 0 Å². The largest absolute Gasteiger partial charge is 0.444 e. The molecule has 2 aromatic rings. The van der Waals surface area contributed by atoms with Crippen molar-refractivity contribution >= 4 is 17.7 Å². The van der Waals surface area contributed by atoms with E-state index in [9.17, 15) is 9.59 Å². The molecule has 0 saturated carbocycles. The average molecular weight is 410 g/mol. The van der Waals surface area contributed by atoms with Gasteiger partial charge in [-0.05, 0) is 51.5 Å². The Balaban J connectivity index is 1.55. The smallest absolute Gasteiger partial charge is 0.412 e. The Labute approximate surface area is 178 Å². The highest BCUT2D eigenvalue weighted by Crippen LogP contribution is 2.17. The molecule has 0 spiro atoms. The van der Waals surface area contributed by atoms with Gasteiger partial charge in [-0.2, -0.15) is 0 Å². The van der Waals surface area contributed by atoms with Gasteiger partial charge in [0.05, 0.1) is 0 Å². The molecule has 3 rings (SSSR count). The maximum atomic E-state index is 12.9. The molecular formula is C24H31N3O3. The van der Waals surface area contributed by atoms with Gasteiger partial charge in [0.1, 0.15) is 5.60 Å². The Kier molecular flexibility index (Phi) is 6.77. The summed E-state index contributed by atoms with van der Waals surface area (Å²) >= 11 is 0. The van der Waals surface area contributed by atoms with E-state index in [2.05, 4.69) is 41.4 Å². The van der Waals surface area contributed by atoms with E-state index >= 15 is 0 Å². The second-order valence-electron chi connectivity index (χ2n) is 8.77. The van der Waals surface area contributed by atoms with Crippen LogP contribution in [0.15, 0.2) is 48.5 Å². The average Bonchev–Trinajstić information content (AvgIpc) is 2.67. The molecule has 6 heteroatoms. The van der Waals surface area contributed by atoms with Crippen LogP contribution >= 0.6 is 0 Å². The summed E-state index contributed by atoms with van der Waals surface area (Å²) in [6.45, 7) is 11.5. The molecule has 0 aromatic heterocycles. The molecule has 1 aliphatic heterocycles. The highest BCUT2D eigenvalue weighted by molar-refractivity contribution is 5.96. The number of hydrogen-bond donors (Lipinski definition) is 1. The van der Waals surface area contributed by atoms with Crippen molar-refractivity contribution in [1.82, 2.24) is 9.80 Å². The highest BCUT2D eigenvalue weighted by Gasteiger charge is 2.23. The number of hydrogen-bond acceptors (Lipinski definition) is 4. The number of nitrogens with zero attached hydrogens (tertiary/aromatic N) is 2. The molecule has 1 heterocycles. The number of benzene rings is 2. The van der Waals surface area contributed by atoms with Crippen LogP contribution in [-0.4, -0.2) is 53.6 Å². The third-order valence-corrected chi connectivity index (χ3v) is 4.90. The zero-order chi connectivity index (χ0) is 21.7. The maximum absolute atomic E-state index is 12.9. The van der Waals surface area contributed by atoms with Crippen molar-refractivity contribution < 1.29 is 14.3 Å². The monoisotopic (exact) mass is 409 g/mol. The predicted octanol–water partition coefficient (Wildman–Crippen LogP) is 4.30. The van der Waals surface area contributed by atoms with Crippen LogP contribution in [0.4, 0.5) is 10.5 Å². The summed E-state index contributed by atoms with van der Waals surface area (Å²) in [5, 5.41) is 2.70. The van der Waals surface area contributed by atoms with Crippen LogP contribution < -0.4 is 5.32 Å². The van der Waals surface area contributed by atoms with Gasteiger partial charge < -0.3 is 9.64 Å². The van der Waals surface area contributed by atoms with Gasteiger partial charge in [-0.25, -0.2) is 4.79 Å². The van der Waals surface area contributed by atoms with E-state index < -0.39 is 11.7 Å². The molecule has 2 aromatic carbocycles. The minimum absolute atomic E-state index is 0.0157. The Morgan fingerprint density at radius 2 is 1.70 bits per heavy atom. The van der Waals surface area contributed by atoms with E-state index in [0.717, 1.165) is 19.6 Å². The maximum Gasteiger partial charge on any atom is 0.412 e. The minimum Gasteiger partial charge on any atom is -0.444 e. The highest BCUT2D eigenvalue weighted by atomic mass is 16.6. The number of nitrogens with one attached hydrogen (secondary N) is 1. The molecule has 160 valence electrons. The van der Waals surface area contributed by atoms with Gasteiger partial charge in [0.2, 0.25) is 0 Å². The van der Waals surface area contributed by atoms with E-state index in [1.54, 1.807) is 24.3 Å². The first-order valence-electron chi connectivity index (χ1n) is 10.4. The fourth-order valence-electron chi connectivity index (χ4n) is 3.51. The Morgan fingerprint density at radius 3 is 2.37 bits per heavy atom. The molecule has 0 aliphatic carbocycles. The molecule has 0 unspecified atom stereocenters. The van der Waals surface area contributed by atoms with Crippen LogP contribution in [0.1, 0.15) is 42.3 Å². The molecule has 1 N–H and O–H groups in total. The van der Waals surface area contributed by atoms with Crippen molar-refractivity contribution in [3.8, 4) is 0 Å². The minimum atomic E-state index is -0.574. The third kappa shape index (κ3) is 6.32. The quantitative estimate of drug-likeness (QED) is 0.818. The van der Waals surface area contributed by atoms with Gasteiger partial charge in [-0.3, -0.25) is 15.0 Å². The molecule has 1 saturated heterocycles. The number of carbonyl (C=O) groups excluding carboxylic acids is 2. The van der Waals surface area contributed by atoms with Crippen molar-refractivity contribution in [2.45, 2.75) is 39.8 Å². The van der Waals surface area contributed by atoms with Crippen LogP contribution in [0.3, 0.4) is 0 Å². The first-order chi connectivity index (χ1) is 14.2. The van der Waals surface area contributed by atoms with Gasteiger partial charge in [-0.15, -0.1) is 0 Å². The summed E-state index contributed by atoms with van der Waals surface area (Å²) in [4.78, 5) is 29.2. The molecule has 1 fully saturated rings. The SMILES string of the molecule is Cc1cccc(CN2CCN(C(=O)c3cccc(NC(=O)OC(C)(C)C)c3)CC2)c1. The van der Waals surface area contributed by atoms with Crippen LogP contribution in [-0.2, 0) is 11.3 Å². The van der Waals surface area contributed by atoms with Crippen molar-refractivity contribution in [3.05, 3.63) is 65.2 Å². The number of anilines is 1. The van der Waals surface area contributed by atoms with E-state index in [-0.39, 0.29) is 5.91 Å². The van der Waals surface area contributed by atoms with Crippen LogP contribution in [0.25, 0.3) is 0 Å². The molecule has 0 atom stereocenters. The summed E-state index contributed by atoms with van der Waals surface area (Å²) < 4.78 is 5.28. The zero-order valence-electron chi connectivity index (χ0n) is 18.3. The van der Waals surface area contributed by atoms with Gasteiger partial charge in [0, 0.05) is 44.0 Å². The Morgan fingerprint density at radius 1 is 1.00 bits per heavy atom. The van der Waals surface area contributed by atoms with E-state index in [0.29, 0.717) is 24.3 Å². The van der Waals surface area contributed by atoms with Gasteiger partial charge >= 0.3 is 6.09 Å². The molecule has 1 aliphatic rings. The lowest BCUT2D eigenvalue weighted by Crippen LogP contribution is -2.48. The van der Waals surface area contributed by atoms with Crippen LogP contribution in [0.2, 0.25) is 0 Å². The topological polar surface area (TPSA) is 61.9 Å². The number of rotatable bonds is 4. The predicted molar refractivity (Wildman–Crippen MR) is 119 cm³/mol. The number of amides is 2. The van der Waals surface area contributed by atoms with Crippen molar-refractivity contribution in [2.75, 3.05) is 31.5 Å². The van der Waals surface area contributed by atoms with Gasteiger partial charge in [0.15, 0.2) is 0 Å². The molecule has 0 radical (unpaired) electrons. The van der Waals surface area contributed by atoms with Gasteiger partial charge in [-0.1, -0.05) is 35.9 Å². The summed E-state index contributed by atoms with van der Waals surface area (Å²) in [6.07, 6.45) is -0.531. The molecular weight excluding hydrogens is 378 g/mol. The summed E-state index contributed by atoms with van der Waals surface area (Å²) in [5.74, 6) is -0.0157. The van der Waals surface area contributed by atoms with Crippen LogP contribution in [0, 0.1) is 6.92 Å². The first-order valence-corrected chi connectivity index (χ1v) is 10.4. The fraction of sp³-hybridized carbons (Fsp3) is 0.417. The number of carbonyl (C=O) groups is 2. The first kappa shape index (κ1) is 21.8.